The molecule has 1 N–H and O–H groups in total. The van der Waals surface area contributed by atoms with Crippen molar-refractivity contribution in [2.24, 2.45) is 5.41 Å². The number of thioether (sulfide) groups is 1. The van der Waals surface area contributed by atoms with Crippen molar-refractivity contribution in [3.05, 3.63) is 29.8 Å². The zero-order valence-electron chi connectivity index (χ0n) is 12.9. The number of nitrogens with one attached hydrogen (secondary N) is 1. The Hall–Kier alpha value is -0.630. The van der Waals surface area contributed by atoms with E-state index in [2.05, 4.69) is 76.0 Å². The molecule has 1 saturated heterocycles. The third-order valence-electron chi connectivity index (χ3n) is 3.73. The van der Waals surface area contributed by atoms with Gasteiger partial charge in [0.25, 0.3) is 0 Å². The number of hydrogen-bond acceptors (Lipinski definition) is 2. The van der Waals surface area contributed by atoms with E-state index in [0.717, 1.165) is 0 Å². The van der Waals surface area contributed by atoms with E-state index in [0.29, 0.717) is 11.5 Å². The first-order valence-electron chi connectivity index (χ1n) is 7.21. The summed E-state index contributed by atoms with van der Waals surface area (Å²) in [6.07, 6.45) is 1.26. The first-order valence-corrected chi connectivity index (χ1v) is 8.37. The van der Waals surface area contributed by atoms with Gasteiger partial charge in [0, 0.05) is 17.5 Å². The monoisotopic (exact) mass is 277 g/mol. The van der Waals surface area contributed by atoms with Crippen molar-refractivity contribution in [2.75, 3.05) is 16.8 Å². The molecule has 1 atom stereocenters. The minimum atomic E-state index is 0.237. The summed E-state index contributed by atoms with van der Waals surface area (Å²) in [5.41, 5.74) is 3.36. The Morgan fingerprint density at radius 3 is 2.32 bits per heavy atom. The van der Waals surface area contributed by atoms with Gasteiger partial charge in [-0.25, -0.2) is 0 Å². The van der Waals surface area contributed by atoms with Crippen LogP contribution in [-0.4, -0.2) is 17.5 Å². The van der Waals surface area contributed by atoms with Gasteiger partial charge in [0.2, 0.25) is 0 Å². The molecule has 2 heteroatoms. The third kappa shape index (κ3) is 4.17. The maximum absolute atomic E-state index is 3.69. The van der Waals surface area contributed by atoms with Crippen LogP contribution in [0.1, 0.15) is 46.6 Å². The second-order valence-corrected chi connectivity index (χ2v) is 8.58. The average Bonchev–Trinajstić information content (AvgIpc) is 2.27. The molecule has 1 aromatic rings. The van der Waals surface area contributed by atoms with Gasteiger partial charge in [-0.1, -0.05) is 46.8 Å². The minimum absolute atomic E-state index is 0.237. The molecule has 0 bridgehead atoms. The van der Waals surface area contributed by atoms with Gasteiger partial charge in [0.1, 0.15) is 0 Å². The highest BCUT2D eigenvalue weighted by Gasteiger charge is 2.28. The van der Waals surface area contributed by atoms with Crippen LogP contribution in [0.15, 0.2) is 24.3 Å². The van der Waals surface area contributed by atoms with Gasteiger partial charge in [-0.05, 0) is 40.7 Å². The molecule has 0 aromatic heterocycles. The lowest BCUT2D eigenvalue weighted by Crippen LogP contribution is -2.35. The van der Waals surface area contributed by atoms with Crippen LogP contribution in [0.2, 0.25) is 0 Å². The standard InChI is InChI=1S/C17H27NS/c1-16(2,3)13-6-8-14(9-7-13)18-15-10-17(4,5)12-19-11-15/h6-9,15,18H,10-12H2,1-5H3. The fourth-order valence-corrected chi connectivity index (χ4v) is 3.93. The Bertz CT molecular complexity index is 414. The van der Waals surface area contributed by atoms with Crippen molar-refractivity contribution in [3.63, 3.8) is 0 Å². The summed E-state index contributed by atoms with van der Waals surface area (Å²) >= 11 is 2.07. The Morgan fingerprint density at radius 1 is 1.16 bits per heavy atom. The summed E-state index contributed by atoms with van der Waals surface area (Å²) in [5.74, 6) is 2.51. The molecule has 1 unspecified atom stereocenters. The topological polar surface area (TPSA) is 12.0 Å². The third-order valence-corrected chi connectivity index (χ3v) is 5.36. The molecule has 1 fully saturated rings. The van der Waals surface area contributed by atoms with Crippen LogP contribution in [0.3, 0.4) is 0 Å². The molecule has 1 aliphatic heterocycles. The molecule has 0 radical (unpaired) electrons. The molecular formula is C17H27NS. The van der Waals surface area contributed by atoms with Crippen molar-refractivity contribution in [3.8, 4) is 0 Å². The van der Waals surface area contributed by atoms with Crippen molar-refractivity contribution < 1.29 is 0 Å². The number of rotatable bonds is 2. The lowest BCUT2D eigenvalue weighted by molar-refractivity contribution is 0.358. The lowest BCUT2D eigenvalue weighted by atomic mass is 9.86. The molecule has 0 spiro atoms. The van der Waals surface area contributed by atoms with Gasteiger partial charge < -0.3 is 5.32 Å². The van der Waals surface area contributed by atoms with Crippen LogP contribution in [0.4, 0.5) is 5.69 Å². The zero-order chi connectivity index (χ0) is 14.1. The average molecular weight is 277 g/mol. The van der Waals surface area contributed by atoms with Crippen LogP contribution < -0.4 is 5.32 Å². The van der Waals surface area contributed by atoms with Crippen LogP contribution in [-0.2, 0) is 5.41 Å². The molecule has 0 aliphatic carbocycles. The van der Waals surface area contributed by atoms with Gasteiger partial charge in [-0.2, -0.15) is 11.8 Å². The maximum atomic E-state index is 3.69. The molecule has 1 nitrogen and oxygen atoms in total. The van der Waals surface area contributed by atoms with Crippen LogP contribution in [0.25, 0.3) is 0 Å². The van der Waals surface area contributed by atoms with Gasteiger partial charge in [0.15, 0.2) is 0 Å². The number of hydrogen-bond donors (Lipinski definition) is 1. The van der Waals surface area contributed by atoms with Crippen molar-refractivity contribution in [2.45, 2.75) is 52.5 Å². The van der Waals surface area contributed by atoms with Gasteiger partial charge in [-0.15, -0.1) is 0 Å². The SMILES string of the molecule is CC1(C)CSCC(Nc2ccc(C(C)(C)C)cc2)C1. The van der Waals surface area contributed by atoms with E-state index in [9.17, 15) is 0 Å². The second kappa shape index (κ2) is 5.40. The minimum Gasteiger partial charge on any atom is -0.381 e. The fraction of sp³-hybridized carbons (Fsp3) is 0.647. The highest BCUT2D eigenvalue weighted by atomic mass is 32.2. The lowest BCUT2D eigenvalue weighted by Gasteiger charge is -2.35. The van der Waals surface area contributed by atoms with E-state index in [-0.39, 0.29) is 5.41 Å². The molecule has 0 saturated carbocycles. The van der Waals surface area contributed by atoms with E-state index < -0.39 is 0 Å². The predicted octanol–water partition coefficient (Wildman–Crippen LogP) is 4.93. The van der Waals surface area contributed by atoms with Gasteiger partial charge >= 0.3 is 0 Å². The van der Waals surface area contributed by atoms with E-state index >= 15 is 0 Å². The Kier molecular flexibility index (Phi) is 4.20. The van der Waals surface area contributed by atoms with Crippen LogP contribution in [0.5, 0.6) is 0 Å². The number of anilines is 1. The molecule has 19 heavy (non-hydrogen) atoms. The molecule has 106 valence electrons. The number of benzene rings is 1. The van der Waals surface area contributed by atoms with E-state index in [1.165, 1.54) is 29.2 Å². The Labute approximate surface area is 122 Å². The van der Waals surface area contributed by atoms with Crippen molar-refractivity contribution in [1.29, 1.82) is 0 Å². The Balaban J connectivity index is 2.00. The zero-order valence-corrected chi connectivity index (χ0v) is 13.7. The maximum Gasteiger partial charge on any atom is 0.0357 e. The fourth-order valence-electron chi connectivity index (χ4n) is 2.66. The summed E-state index contributed by atoms with van der Waals surface area (Å²) in [6, 6.07) is 9.57. The molecule has 1 heterocycles. The highest BCUT2D eigenvalue weighted by molar-refractivity contribution is 7.99. The van der Waals surface area contributed by atoms with E-state index in [1.807, 2.05) is 0 Å². The molecular weight excluding hydrogens is 250 g/mol. The molecule has 1 aliphatic rings. The smallest absolute Gasteiger partial charge is 0.0357 e. The van der Waals surface area contributed by atoms with Gasteiger partial charge in [-0.3, -0.25) is 0 Å². The summed E-state index contributed by atoms with van der Waals surface area (Å²) in [4.78, 5) is 0. The molecule has 2 rings (SSSR count). The van der Waals surface area contributed by atoms with Crippen molar-refractivity contribution >= 4 is 17.4 Å². The molecule has 1 aromatic carbocycles. The second-order valence-electron chi connectivity index (χ2n) is 7.55. The summed E-state index contributed by atoms with van der Waals surface area (Å²) in [5, 5.41) is 3.69. The van der Waals surface area contributed by atoms with Crippen LogP contribution >= 0.6 is 11.8 Å². The summed E-state index contributed by atoms with van der Waals surface area (Å²) in [7, 11) is 0. The van der Waals surface area contributed by atoms with Crippen molar-refractivity contribution in [1.82, 2.24) is 0 Å². The predicted molar refractivity (Wildman–Crippen MR) is 88.3 cm³/mol. The Morgan fingerprint density at radius 2 is 1.79 bits per heavy atom. The normalized spacial score (nSPS) is 23.1. The highest BCUT2D eigenvalue weighted by Crippen LogP contribution is 2.34. The van der Waals surface area contributed by atoms with E-state index in [4.69, 9.17) is 0 Å². The molecule has 0 amide bonds. The summed E-state index contributed by atoms with van der Waals surface area (Å²) in [6.45, 7) is 11.5. The van der Waals surface area contributed by atoms with Crippen LogP contribution in [0, 0.1) is 5.41 Å². The van der Waals surface area contributed by atoms with E-state index in [1.54, 1.807) is 0 Å². The first kappa shape index (κ1) is 14.8. The van der Waals surface area contributed by atoms with Gasteiger partial charge in [0.05, 0.1) is 0 Å². The quantitative estimate of drug-likeness (QED) is 0.823. The summed E-state index contributed by atoms with van der Waals surface area (Å²) < 4.78 is 0. The largest absolute Gasteiger partial charge is 0.381 e. The first-order chi connectivity index (χ1) is 8.76.